The van der Waals surface area contributed by atoms with Crippen molar-refractivity contribution < 1.29 is 36.6 Å². The van der Waals surface area contributed by atoms with Gasteiger partial charge in [0.1, 0.15) is 17.2 Å². The van der Waals surface area contributed by atoms with Crippen molar-refractivity contribution in [1.82, 2.24) is 0 Å². The minimum Gasteiger partial charge on any atom is -0.497 e. The van der Waals surface area contributed by atoms with Crippen molar-refractivity contribution >= 4 is 17.7 Å². The van der Waals surface area contributed by atoms with Gasteiger partial charge < -0.3 is 19.5 Å². The van der Waals surface area contributed by atoms with Crippen LogP contribution in [-0.4, -0.2) is 26.2 Å². The van der Waals surface area contributed by atoms with Gasteiger partial charge in [0.15, 0.2) is 0 Å². The largest absolute Gasteiger partial charge is 0.497 e. The van der Waals surface area contributed by atoms with E-state index in [4.69, 9.17) is 4.74 Å². The molecule has 0 bridgehead atoms. The van der Waals surface area contributed by atoms with Gasteiger partial charge in [-0.15, -0.1) is 0 Å². The molecule has 0 saturated heterocycles. The van der Waals surface area contributed by atoms with Gasteiger partial charge >= 0.3 is 13.2 Å². The molecule has 0 radical (unpaired) electrons. The number of carbonyl (C=O) groups is 1. The van der Waals surface area contributed by atoms with E-state index >= 15 is 0 Å². The van der Waals surface area contributed by atoms with Gasteiger partial charge in [-0.3, -0.25) is 4.79 Å². The molecule has 0 fully saturated rings. The number of amides is 1. The average Bonchev–Trinajstić information content (AvgIpc) is 2.60. The summed E-state index contributed by atoms with van der Waals surface area (Å²) >= 11 is 0. The topological polar surface area (TPSA) is 56.8 Å². The highest BCUT2D eigenvalue weighted by atomic mass is 19.3. The zero-order chi connectivity index (χ0) is 19.8. The van der Waals surface area contributed by atoms with Gasteiger partial charge in [-0.1, -0.05) is 6.07 Å². The molecule has 144 valence electrons. The van der Waals surface area contributed by atoms with Crippen molar-refractivity contribution in [2.24, 2.45) is 0 Å². The summed E-state index contributed by atoms with van der Waals surface area (Å²) in [4.78, 5) is 12.0. The van der Waals surface area contributed by atoms with Crippen LogP contribution in [0.25, 0.3) is 6.08 Å². The third-order valence-corrected chi connectivity index (χ3v) is 3.18. The third kappa shape index (κ3) is 6.53. The summed E-state index contributed by atoms with van der Waals surface area (Å²) in [5, 5.41) is 2.57. The normalized spacial score (nSPS) is 11.1. The second-order valence-electron chi connectivity index (χ2n) is 5.01. The fourth-order valence-electron chi connectivity index (χ4n) is 2.08. The molecular weight excluding hydrogens is 370 g/mol. The standard InChI is InChI=1S/C18H15F4NO4/c1-25-13-4-2-3-12(9-13)23-16(24)8-6-11-5-7-14(26-17(19)20)10-15(11)27-18(21)22/h2-10,17-18H,1H3,(H,23,24)/b8-6+. The van der Waals surface area contributed by atoms with Crippen LogP contribution in [0.1, 0.15) is 5.56 Å². The highest BCUT2D eigenvalue weighted by molar-refractivity contribution is 6.02. The average molecular weight is 385 g/mol. The number of alkyl halides is 4. The number of rotatable bonds is 8. The lowest BCUT2D eigenvalue weighted by Gasteiger charge is -2.11. The molecule has 5 nitrogen and oxygen atoms in total. The molecule has 0 heterocycles. The Morgan fingerprint density at radius 2 is 1.74 bits per heavy atom. The van der Waals surface area contributed by atoms with E-state index in [-0.39, 0.29) is 11.3 Å². The number of anilines is 1. The first-order valence-corrected chi connectivity index (χ1v) is 7.54. The lowest BCUT2D eigenvalue weighted by molar-refractivity contribution is -0.111. The number of hydrogen-bond acceptors (Lipinski definition) is 4. The van der Waals surface area contributed by atoms with Gasteiger partial charge in [-0.2, -0.15) is 17.6 Å². The van der Waals surface area contributed by atoms with Gasteiger partial charge in [0.25, 0.3) is 0 Å². The van der Waals surface area contributed by atoms with Crippen LogP contribution in [0.3, 0.4) is 0 Å². The second kappa shape index (κ2) is 9.46. The number of ether oxygens (including phenoxy) is 3. The Morgan fingerprint density at radius 3 is 2.41 bits per heavy atom. The maximum absolute atomic E-state index is 12.5. The molecule has 1 amide bonds. The molecule has 1 N–H and O–H groups in total. The summed E-state index contributed by atoms with van der Waals surface area (Å²) < 4.78 is 63.0. The molecule has 0 aliphatic rings. The van der Waals surface area contributed by atoms with E-state index in [1.807, 2.05) is 0 Å². The summed E-state index contributed by atoms with van der Waals surface area (Å²) in [6, 6.07) is 9.84. The molecule has 0 atom stereocenters. The summed E-state index contributed by atoms with van der Waals surface area (Å²) in [5.41, 5.74) is 0.548. The number of nitrogens with one attached hydrogen (secondary N) is 1. The molecule has 0 unspecified atom stereocenters. The minimum atomic E-state index is -3.18. The minimum absolute atomic E-state index is 0.0812. The van der Waals surface area contributed by atoms with E-state index in [2.05, 4.69) is 14.8 Å². The first-order valence-electron chi connectivity index (χ1n) is 7.54. The van der Waals surface area contributed by atoms with Crippen LogP contribution in [0.4, 0.5) is 23.2 Å². The van der Waals surface area contributed by atoms with Crippen LogP contribution in [0.15, 0.2) is 48.5 Å². The highest BCUT2D eigenvalue weighted by Crippen LogP contribution is 2.28. The first-order chi connectivity index (χ1) is 12.9. The molecule has 2 aromatic rings. The zero-order valence-electron chi connectivity index (χ0n) is 14.0. The molecule has 0 saturated carbocycles. The van der Waals surface area contributed by atoms with E-state index < -0.39 is 24.9 Å². The second-order valence-corrected chi connectivity index (χ2v) is 5.01. The fraction of sp³-hybridized carbons (Fsp3) is 0.167. The van der Waals surface area contributed by atoms with Crippen molar-refractivity contribution in [2.45, 2.75) is 13.2 Å². The van der Waals surface area contributed by atoms with Gasteiger partial charge in [0, 0.05) is 29.5 Å². The smallest absolute Gasteiger partial charge is 0.387 e. The van der Waals surface area contributed by atoms with Crippen LogP contribution < -0.4 is 19.5 Å². The maximum atomic E-state index is 12.5. The third-order valence-electron chi connectivity index (χ3n) is 3.18. The predicted molar refractivity (Wildman–Crippen MR) is 90.4 cm³/mol. The van der Waals surface area contributed by atoms with Crippen molar-refractivity contribution in [3.8, 4) is 17.2 Å². The Balaban J connectivity index is 2.14. The summed E-state index contributed by atoms with van der Waals surface area (Å²) in [7, 11) is 1.48. The molecule has 0 spiro atoms. The van der Waals surface area contributed by atoms with E-state index in [0.717, 1.165) is 18.2 Å². The Labute approximate surface area is 152 Å². The Kier molecular flexibility index (Phi) is 7.04. The van der Waals surface area contributed by atoms with Gasteiger partial charge in [0.05, 0.1) is 7.11 Å². The Hall–Kier alpha value is -3.23. The summed E-state index contributed by atoms with van der Waals surface area (Å²) in [5.74, 6) is -0.759. The van der Waals surface area contributed by atoms with Crippen LogP contribution >= 0.6 is 0 Å². The number of hydrogen-bond donors (Lipinski definition) is 1. The van der Waals surface area contributed by atoms with E-state index in [1.165, 1.54) is 19.3 Å². The molecule has 0 aliphatic carbocycles. The van der Waals surface area contributed by atoms with Gasteiger partial charge in [-0.05, 0) is 30.3 Å². The quantitative estimate of drug-likeness (QED) is 0.535. The van der Waals surface area contributed by atoms with Crippen molar-refractivity contribution in [3.05, 3.63) is 54.1 Å². The number of halogens is 4. The highest BCUT2D eigenvalue weighted by Gasteiger charge is 2.12. The van der Waals surface area contributed by atoms with Crippen LogP contribution in [0.2, 0.25) is 0 Å². The Bertz CT molecular complexity index is 812. The maximum Gasteiger partial charge on any atom is 0.387 e. The summed E-state index contributed by atoms with van der Waals surface area (Å²) in [6.45, 7) is -6.29. The van der Waals surface area contributed by atoms with Crippen LogP contribution in [0, 0.1) is 0 Å². The van der Waals surface area contributed by atoms with Gasteiger partial charge in [0.2, 0.25) is 5.91 Å². The summed E-state index contributed by atoms with van der Waals surface area (Å²) in [6.07, 6.45) is 2.29. The number of methoxy groups -OCH3 is 1. The van der Waals surface area contributed by atoms with E-state index in [1.54, 1.807) is 24.3 Å². The lowest BCUT2D eigenvalue weighted by Crippen LogP contribution is -2.08. The monoisotopic (exact) mass is 385 g/mol. The van der Waals surface area contributed by atoms with Crippen molar-refractivity contribution in [1.29, 1.82) is 0 Å². The number of carbonyl (C=O) groups excluding carboxylic acids is 1. The zero-order valence-corrected chi connectivity index (χ0v) is 14.0. The van der Waals surface area contributed by atoms with Crippen molar-refractivity contribution in [3.63, 3.8) is 0 Å². The molecule has 9 heteroatoms. The van der Waals surface area contributed by atoms with Crippen LogP contribution in [-0.2, 0) is 4.79 Å². The first kappa shape index (κ1) is 20.1. The lowest BCUT2D eigenvalue weighted by atomic mass is 10.1. The Morgan fingerprint density at radius 1 is 1.00 bits per heavy atom. The SMILES string of the molecule is COc1cccc(NC(=O)/C=C/c2ccc(OC(F)F)cc2OC(F)F)c1. The number of benzene rings is 2. The van der Waals surface area contributed by atoms with Crippen LogP contribution in [0.5, 0.6) is 17.2 Å². The molecule has 0 aromatic heterocycles. The van der Waals surface area contributed by atoms with E-state index in [9.17, 15) is 22.4 Å². The van der Waals surface area contributed by atoms with E-state index in [0.29, 0.717) is 11.4 Å². The molecule has 0 aliphatic heterocycles. The molecular formula is C18H15F4NO4. The molecule has 2 aromatic carbocycles. The molecule has 27 heavy (non-hydrogen) atoms. The van der Waals surface area contributed by atoms with Crippen molar-refractivity contribution in [2.75, 3.05) is 12.4 Å². The predicted octanol–water partition coefficient (Wildman–Crippen LogP) is 4.55. The fourth-order valence-corrected chi connectivity index (χ4v) is 2.08. The molecule has 2 rings (SSSR count). The van der Waals surface area contributed by atoms with Gasteiger partial charge in [-0.25, -0.2) is 0 Å².